The Hall–Kier alpha value is -4.38. The van der Waals surface area contributed by atoms with E-state index in [4.69, 9.17) is 9.84 Å². The van der Waals surface area contributed by atoms with Crippen LogP contribution in [0, 0.1) is 10.1 Å². The zero-order valence-electron chi connectivity index (χ0n) is 20.5. The van der Waals surface area contributed by atoms with Crippen molar-refractivity contribution in [2.24, 2.45) is 5.10 Å². The number of nitro groups is 1. The molecule has 11 heteroatoms. The molecule has 3 aromatic carbocycles. The van der Waals surface area contributed by atoms with Crippen LogP contribution in [-0.4, -0.2) is 31.9 Å². The summed E-state index contributed by atoms with van der Waals surface area (Å²) in [6, 6.07) is 15.5. The van der Waals surface area contributed by atoms with Crippen molar-refractivity contribution in [2.75, 3.05) is 0 Å². The van der Waals surface area contributed by atoms with Gasteiger partial charge in [-0.1, -0.05) is 41.9 Å². The molecule has 0 radical (unpaired) electrons. The summed E-state index contributed by atoms with van der Waals surface area (Å²) >= 11 is 3.38. The molecule has 38 heavy (non-hydrogen) atoms. The van der Waals surface area contributed by atoms with Gasteiger partial charge in [-0.3, -0.25) is 14.9 Å². The van der Waals surface area contributed by atoms with Crippen LogP contribution in [0.2, 0.25) is 0 Å². The Labute approximate surface area is 225 Å². The number of hydrogen-bond donors (Lipinski definition) is 1. The van der Waals surface area contributed by atoms with E-state index < -0.39 is 10.9 Å². The van der Waals surface area contributed by atoms with Crippen LogP contribution in [-0.2, 0) is 6.61 Å². The van der Waals surface area contributed by atoms with Crippen molar-refractivity contribution in [1.82, 2.24) is 9.66 Å². The molecule has 1 heterocycles. The molecule has 0 aliphatic carbocycles. The summed E-state index contributed by atoms with van der Waals surface area (Å²) < 4.78 is 7.83. The maximum atomic E-state index is 13.4. The molecule has 0 saturated heterocycles. The highest BCUT2D eigenvalue weighted by atomic mass is 79.9. The minimum atomic E-state index is -1.03. The summed E-state index contributed by atoms with van der Waals surface area (Å²) in [7, 11) is 0. The topological polar surface area (TPSA) is 137 Å². The molecule has 1 aromatic heterocycles. The number of rotatable bonds is 9. The second kappa shape index (κ2) is 11.3. The molecule has 0 spiro atoms. The van der Waals surface area contributed by atoms with E-state index in [9.17, 15) is 19.7 Å². The lowest BCUT2D eigenvalue weighted by Gasteiger charge is -2.14. The molecule has 0 fully saturated rings. The monoisotopic (exact) mass is 578 g/mol. The zero-order valence-corrected chi connectivity index (χ0v) is 22.1. The average molecular weight is 579 g/mol. The van der Waals surface area contributed by atoms with E-state index in [2.05, 4.69) is 26.0 Å². The first-order valence-electron chi connectivity index (χ1n) is 11.7. The van der Waals surface area contributed by atoms with Gasteiger partial charge in [-0.25, -0.2) is 9.78 Å². The van der Waals surface area contributed by atoms with Crippen molar-refractivity contribution in [3.8, 4) is 5.75 Å². The summed E-state index contributed by atoms with van der Waals surface area (Å²) in [4.78, 5) is 40.0. The standard InChI is InChI=1S/C27H23BrN4O6/c1-3-16(2)25-30-23-10-8-20(28)13-22(23)26(33)31(25)29-14-19-12-21(32(36)37)9-11-24(19)38-15-17-4-6-18(7-5-17)27(34)35/h4-14,16H,3,15H2,1-2H3,(H,34,35)/t16-/m1/s1. The van der Waals surface area contributed by atoms with E-state index in [1.54, 1.807) is 24.3 Å². The van der Waals surface area contributed by atoms with Gasteiger partial charge in [-0.15, -0.1) is 0 Å². The first-order valence-corrected chi connectivity index (χ1v) is 12.5. The Morgan fingerprint density at radius 3 is 2.61 bits per heavy atom. The van der Waals surface area contributed by atoms with Crippen molar-refractivity contribution in [2.45, 2.75) is 32.8 Å². The van der Waals surface area contributed by atoms with Crippen molar-refractivity contribution in [1.29, 1.82) is 0 Å². The highest BCUT2D eigenvalue weighted by Gasteiger charge is 2.17. The average Bonchev–Trinajstić information content (AvgIpc) is 2.91. The predicted molar refractivity (Wildman–Crippen MR) is 146 cm³/mol. The Morgan fingerprint density at radius 2 is 1.95 bits per heavy atom. The summed E-state index contributed by atoms with van der Waals surface area (Å²) in [5.74, 6) is -0.345. The van der Waals surface area contributed by atoms with E-state index in [0.717, 1.165) is 10.9 Å². The number of carboxylic acid groups (broad SMARTS) is 1. The van der Waals surface area contributed by atoms with E-state index in [1.165, 1.54) is 41.2 Å². The molecular formula is C27H23BrN4O6. The molecule has 1 atom stereocenters. The van der Waals surface area contributed by atoms with Crippen LogP contribution >= 0.6 is 15.9 Å². The normalized spacial score (nSPS) is 12.1. The third-order valence-corrected chi connectivity index (χ3v) is 6.49. The molecule has 4 aromatic rings. The number of aromatic carboxylic acids is 1. The van der Waals surface area contributed by atoms with Crippen LogP contribution in [0.25, 0.3) is 10.9 Å². The van der Waals surface area contributed by atoms with Gasteiger partial charge in [0.1, 0.15) is 18.2 Å². The summed E-state index contributed by atoms with van der Waals surface area (Å²) in [5.41, 5.74) is 1.16. The SMILES string of the molecule is CC[C@@H](C)c1nc2ccc(Br)cc2c(=O)n1N=Cc1cc([N+](=O)[O-])ccc1OCc1ccc(C(=O)O)cc1. The van der Waals surface area contributed by atoms with E-state index in [1.807, 2.05) is 19.9 Å². The molecule has 10 nitrogen and oxygen atoms in total. The first-order chi connectivity index (χ1) is 18.2. The fourth-order valence-electron chi connectivity index (χ4n) is 3.69. The van der Waals surface area contributed by atoms with E-state index in [-0.39, 0.29) is 34.9 Å². The highest BCUT2D eigenvalue weighted by Crippen LogP contribution is 2.25. The Morgan fingerprint density at radius 1 is 1.21 bits per heavy atom. The van der Waals surface area contributed by atoms with Gasteiger partial charge in [-0.05, 0) is 48.4 Å². The Balaban J connectivity index is 1.74. The number of aromatic nitrogens is 2. The van der Waals surface area contributed by atoms with Gasteiger partial charge >= 0.3 is 5.97 Å². The van der Waals surface area contributed by atoms with Crippen LogP contribution in [0.4, 0.5) is 5.69 Å². The van der Waals surface area contributed by atoms with Crippen molar-refractivity contribution >= 4 is 44.7 Å². The summed E-state index contributed by atoms with van der Waals surface area (Å²) in [5, 5.41) is 25.3. The zero-order chi connectivity index (χ0) is 27.4. The number of carboxylic acids is 1. The van der Waals surface area contributed by atoms with Crippen molar-refractivity contribution in [3.05, 3.63) is 108 Å². The molecule has 0 aliphatic heterocycles. The maximum Gasteiger partial charge on any atom is 0.335 e. The quantitative estimate of drug-likeness (QED) is 0.152. The number of ether oxygens (including phenoxy) is 1. The Bertz CT molecular complexity index is 1610. The second-order valence-corrected chi connectivity index (χ2v) is 9.49. The van der Waals surface area contributed by atoms with E-state index in [0.29, 0.717) is 28.0 Å². The van der Waals surface area contributed by atoms with Gasteiger partial charge in [0, 0.05) is 28.1 Å². The lowest BCUT2D eigenvalue weighted by Crippen LogP contribution is -2.23. The smallest absolute Gasteiger partial charge is 0.335 e. The largest absolute Gasteiger partial charge is 0.488 e. The molecule has 0 bridgehead atoms. The highest BCUT2D eigenvalue weighted by molar-refractivity contribution is 9.10. The van der Waals surface area contributed by atoms with Gasteiger partial charge in [0.15, 0.2) is 0 Å². The predicted octanol–water partition coefficient (Wildman–Crippen LogP) is 5.74. The van der Waals surface area contributed by atoms with Gasteiger partial charge in [0.2, 0.25) is 0 Å². The third kappa shape index (κ3) is 5.78. The van der Waals surface area contributed by atoms with E-state index >= 15 is 0 Å². The number of benzene rings is 3. The van der Waals surface area contributed by atoms with Crippen molar-refractivity contribution < 1.29 is 19.6 Å². The number of non-ortho nitro benzene ring substituents is 1. The van der Waals surface area contributed by atoms with Crippen LogP contribution < -0.4 is 10.3 Å². The summed E-state index contributed by atoms with van der Waals surface area (Å²) in [6.07, 6.45) is 2.06. The molecular weight excluding hydrogens is 556 g/mol. The van der Waals surface area contributed by atoms with Crippen LogP contribution in [0.3, 0.4) is 0 Å². The molecule has 0 amide bonds. The fourth-order valence-corrected chi connectivity index (χ4v) is 4.05. The third-order valence-electron chi connectivity index (χ3n) is 6.00. The molecule has 1 N–H and O–H groups in total. The summed E-state index contributed by atoms with van der Waals surface area (Å²) in [6.45, 7) is 4.00. The minimum Gasteiger partial charge on any atom is -0.488 e. The first kappa shape index (κ1) is 26.7. The molecule has 0 aliphatic rings. The van der Waals surface area contributed by atoms with Crippen molar-refractivity contribution in [3.63, 3.8) is 0 Å². The lowest BCUT2D eigenvalue weighted by atomic mass is 10.1. The minimum absolute atomic E-state index is 0.0810. The Kier molecular flexibility index (Phi) is 7.96. The van der Waals surface area contributed by atoms with Crippen LogP contribution in [0.1, 0.15) is 53.5 Å². The molecule has 4 rings (SSSR count). The van der Waals surface area contributed by atoms with Gasteiger partial charge in [0.25, 0.3) is 11.2 Å². The number of carbonyl (C=O) groups is 1. The second-order valence-electron chi connectivity index (χ2n) is 8.57. The van der Waals surface area contributed by atoms with Gasteiger partial charge < -0.3 is 9.84 Å². The number of hydrogen-bond acceptors (Lipinski definition) is 7. The molecule has 0 saturated carbocycles. The fraction of sp³-hybridized carbons (Fsp3) is 0.185. The van der Waals surface area contributed by atoms with Gasteiger partial charge in [0.05, 0.1) is 27.6 Å². The van der Waals surface area contributed by atoms with Crippen LogP contribution in [0.15, 0.2) is 75.0 Å². The number of nitrogens with zero attached hydrogens (tertiary/aromatic N) is 4. The number of nitro benzene ring substituents is 1. The lowest BCUT2D eigenvalue weighted by molar-refractivity contribution is -0.384. The van der Waals surface area contributed by atoms with Gasteiger partial charge in [-0.2, -0.15) is 9.78 Å². The molecule has 194 valence electrons. The number of halogens is 1. The number of fused-ring (bicyclic) bond motifs is 1. The maximum absolute atomic E-state index is 13.4. The van der Waals surface area contributed by atoms with Crippen LogP contribution in [0.5, 0.6) is 5.75 Å². The molecule has 0 unspecified atom stereocenters.